The standard InChI is InChI=1S/C24H32N2O5S/c1-17(2)15-31-24(27)26-11-9-19(10-12-26)16-30-20-5-8-23(25-14-20)22-7-6-21(13-18(22)3)32(4,28)29/h5-8,13-14,17,19H,9-12,15-16H2,1-4H3. The summed E-state index contributed by atoms with van der Waals surface area (Å²) in [5, 5.41) is 0. The van der Waals surface area contributed by atoms with Crippen molar-refractivity contribution in [2.24, 2.45) is 11.8 Å². The molecular formula is C24H32N2O5S. The maximum absolute atomic E-state index is 12.1. The van der Waals surface area contributed by atoms with Crippen LogP contribution in [0.1, 0.15) is 32.3 Å². The second-order valence-corrected chi connectivity index (χ2v) is 10.9. The fraction of sp³-hybridized carbons (Fsp3) is 0.500. The van der Waals surface area contributed by atoms with Crippen LogP contribution in [0.5, 0.6) is 5.75 Å². The van der Waals surface area contributed by atoms with E-state index in [1.807, 2.05) is 32.9 Å². The predicted molar refractivity (Wildman–Crippen MR) is 123 cm³/mol. The van der Waals surface area contributed by atoms with Gasteiger partial charge in [-0.05, 0) is 61.4 Å². The van der Waals surface area contributed by atoms with Crippen molar-refractivity contribution in [1.82, 2.24) is 9.88 Å². The average Bonchev–Trinajstić information content (AvgIpc) is 2.76. The van der Waals surface area contributed by atoms with Gasteiger partial charge in [-0.1, -0.05) is 19.9 Å². The Morgan fingerprint density at radius 2 is 1.91 bits per heavy atom. The molecule has 8 heteroatoms. The van der Waals surface area contributed by atoms with Crippen molar-refractivity contribution in [3.05, 3.63) is 42.1 Å². The number of rotatable bonds is 7. The van der Waals surface area contributed by atoms with E-state index in [9.17, 15) is 13.2 Å². The first kappa shape index (κ1) is 24.0. The first-order valence-corrected chi connectivity index (χ1v) is 12.8. The molecule has 0 aliphatic carbocycles. The van der Waals surface area contributed by atoms with E-state index >= 15 is 0 Å². The number of aromatic nitrogens is 1. The second kappa shape index (κ2) is 10.3. The van der Waals surface area contributed by atoms with E-state index in [4.69, 9.17) is 9.47 Å². The lowest BCUT2D eigenvalue weighted by molar-refractivity contribution is 0.0733. The summed E-state index contributed by atoms with van der Waals surface area (Å²) in [4.78, 5) is 18.6. The normalized spacial score (nSPS) is 15.1. The number of pyridine rings is 1. The predicted octanol–water partition coefficient (Wildman–Crippen LogP) is 4.34. The summed E-state index contributed by atoms with van der Waals surface area (Å²) in [7, 11) is -3.23. The summed E-state index contributed by atoms with van der Waals surface area (Å²) in [6.45, 7) is 8.32. The Morgan fingerprint density at radius 3 is 2.47 bits per heavy atom. The van der Waals surface area contributed by atoms with Gasteiger partial charge in [0.15, 0.2) is 9.84 Å². The minimum Gasteiger partial charge on any atom is -0.492 e. The summed E-state index contributed by atoms with van der Waals surface area (Å²) >= 11 is 0. The quantitative estimate of drug-likeness (QED) is 0.611. The van der Waals surface area contributed by atoms with Gasteiger partial charge in [0.2, 0.25) is 0 Å². The topological polar surface area (TPSA) is 85.8 Å². The first-order valence-electron chi connectivity index (χ1n) is 10.9. The zero-order valence-corrected chi connectivity index (χ0v) is 20.0. The molecule has 1 aromatic heterocycles. The van der Waals surface area contributed by atoms with Gasteiger partial charge in [0.1, 0.15) is 5.75 Å². The van der Waals surface area contributed by atoms with Gasteiger partial charge >= 0.3 is 6.09 Å². The van der Waals surface area contributed by atoms with Gasteiger partial charge < -0.3 is 14.4 Å². The van der Waals surface area contributed by atoms with Gasteiger partial charge in [-0.3, -0.25) is 4.98 Å². The Kier molecular flexibility index (Phi) is 7.77. The number of nitrogens with zero attached hydrogens (tertiary/aromatic N) is 2. The summed E-state index contributed by atoms with van der Waals surface area (Å²) in [6, 6.07) is 8.82. The van der Waals surface area contributed by atoms with Crippen LogP contribution >= 0.6 is 0 Å². The molecule has 1 fully saturated rings. The van der Waals surface area contributed by atoms with Crippen LogP contribution in [0, 0.1) is 18.8 Å². The smallest absolute Gasteiger partial charge is 0.409 e. The molecule has 174 valence electrons. The van der Waals surface area contributed by atoms with Gasteiger partial charge in [-0.2, -0.15) is 0 Å². The maximum Gasteiger partial charge on any atom is 0.409 e. The molecule has 0 radical (unpaired) electrons. The average molecular weight is 461 g/mol. The van der Waals surface area contributed by atoms with E-state index in [-0.39, 0.29) is 6.09 Å². The lowest BCUT2D eigenvalue weighted by atomic mass is 9.98. The van der Waals surface area contributed by atoms with E-state index in [1.54, 1.807) is 29.3 Å². The van der Waals surface area contributed by atoms with Crippen molar-refractivity contribution in [3.8, 4) is 17.0 Å². The molecule has 32 heavy (non-hydrogen) atoms. The number of ether oxygens (including phenoxy) is 2. The molecule has 0 saturated carbocycles. The molecule has 0 spiro atoms. The number of likely N-dealkylation sites (tertiary alicyclic amines) is 1. The van der Waals surface area contributed by atoms with Crippen LogP contribution in [0.15, 0.2) is 41.4 Å². The van der Waals surface area contributed by atoms with Gasteiger partial charge in [0, 0.05) is 24.9 Å². The number of amides is 1. The van der Waals surface area contributed by atoms with Gasteiger partial charge in [-0.25, -0.2) is 13.2 Å². The largest absolute Gasteiger partial charge is 0.492 e. The molecule has 3 rings (SSSR count). The second-order valence-electron chi connectivity index (χ2n) is 8.84. The fourth-order valence-corrected chi connectivity index (χ4v) is 4.31. The molecule has 2 aromatic rings. The van der Waals surface area contributed by atoms with Crippen LogP contribution in [0.25, 0.3) is 11.3 Å². The number of sulfone groups is 1. The Hall–Kier alpha value is -2.61. The van der Waals surface area contributed by atoms with Crippen molar-refractivity contribution in [1.29, 1.82) is 0 Å². The van der Waals surface area contributed by atoms with Gasteiger partial charge in [0.05, 0.1) is 30.0 Å². The number of aryl methyl sites for hydroxylation is 1. The molecule has 0 N–H and O–H groups in total. The van der Waals surface area contributed by atoms with E-state index < -0.39 is 9.84 Å². The van der Waals surface area contributed by atoms with Crippen molar-refractivity contribution < 1.29 is 22.7 Å². The Bertz CT molecular complexity index is 1030. The zero-order valence-electron chi connectivity index (χ0n) is 19.2. The number of carbonyl (C=O) groups is 1. The summed E-state index contributed by atoms with van der Waals surface area (Å²) in [6.07, 6.45) is 4.44. The minimum atomic E-state index is -3.23. The van der Waals surface area contributed by atoms with Crippen LogP contribution in [0.3, 0.4) is 0 Å². The first-order chi connectivity index (χ1) is 15.1. The highest BCUT2D eigenvalue weighted by Gasteiger charge is 2.24. The van der Waals surface area contributed by atoms with E-state index in [0.29, 0.717) is 48.8 Å². The van der Waals surface area contributed by atoms with Crippen molar-refractivity contribution >= 4 is 15.9 Å². The van der Waals surface area contributed by atoms with E-state index in [1.165, 1.54) is 6.26 Å². The zero-order chi connectivity index (χ0) is 23.3. The summed E-state index contributed by atoms with van der Waals surface area (Å²) in [5.74, 6) is 1.41. The molecule has 1 amide bonds. The van der Waals surface area contributed by atoms with Crippen LogP contribution in [-0.2, 0) is 14.6 Å². The minimum absolute atomic E-state index is 0.224. The Balaban J connectivity index is 1.50. The SMILES string of the molecule is Cc1cc(S(C)(=O)=O)ccc1-c1ccc(OCC2CCN(C(=O)OCC(C)C)CC2)cn1. The third-order valence-corrected chi connectivity index (χ3v) is 6.65. The van der Waals surface area contributed by atoms with Gasteiger partial charge in [-0.15, -0.1) is 0 Å². The molecule has 0 unspecified atom stereocenters. The molecule has 0 bridgehead atoms. The highest BCUT2D eigenvalue weighted by Crippen LogP contribution is 2.26. The van der Waals surface area contributed by atoms with Crippen LogP contribution in [-0.4, -0.2) is 57.0 Å². The maximum atomic E-state index is 12.1. The number of hydrogen-bond acceptors (Lipinski definition) is 6. The molecular weight excluding hydrogens is 428 g/mol. The van der Waals surface area contributed by atoms with Crippen LogP contribution in [0.2, 0.25) is 0 Å². The third kappa shape index (κ3) is 6.45. The molecule has 1 aromatic carbocycles. The number of carbonyl (C=O) groups excluding carboxylic acids is 1. The summed E-state index contributed by atoms with van der Waals surface area (Å²) in [5.41, 5.74) is 2.51. The molecule has 0 atom stereocenters. The van der Waals surface area contributed by atoms with Crippen LogP contribution < -0.4 is 4.74 Å². The molecule has 7 nitrogen and oxygen atoms in total. The van der Waals surface area contributed by atoms with Crippen molar-refractivity contribution in [2.75, 3.05) is 32.6 Å². The summed E-state index contributed by atoms with van der Waals surface area (Å²) < 4.78 is 34.7. The van der Waals surface area contributed by atoms with Gasteiger partial charge in [0.25, 0.3) is 0 Å². The third-order valence-electron chi connectivity index (χ3n) is 5.54. The molecule has 2 heterocycles. The van der Waals surface area contributed by atoms with Crippen molar-refractivity contribution in [2.45, 2.75) is 38.5 Å². The lowest BCUT2D eigenvalue weighted by Crippen LogP contribution is -2.40. The lowest BCUT2D eigenvalue weighted by Gasteiger charge is -2.31. The Labute approximate surface area is 190 Å². The highest BCUT2D eigenvalue weighted by molar-refractivity contribution is 7.90. The van der Waals surface area contributed by atoms with E-state index in [0.717, 1.165) is 29.7 Å². The monoisotopic (exact) mass is 460 g/mol. The van der Waals surface area contributed by atoms with Crippen LogP contribution in [0.4, 0.5) is 4.79 Å². The molecule has 1 aliphatic heterocycles. The number of piperidine rings is 1. The fourth-order valence-electron chi connectivity index (χ4n) is 3.60. The number of hydrogen-bond donors (Lipinski definition) is 0. The van der Waals surface area contributed by atoms with E-state index in [2.05, 4.69) is 4.98 Å². The molecule has 1 saturated heterocycles. The highest BCUT2D eigenvalue weighted by atomic mass is 32.2. The van der Waals surface area contributed by atoms with Crippen molar-refractivity contribution in [3.63, 3.8) is 0 Å². The molecule has 1 aliphatic rings. The Morgan fingerprint density at radius 1 is 1.19 bits per heavy atom. The number of benzene rings is 1.